The van der Waals surface area contributed by atoms with Crippen LogP contribution in [-0.2, 0) is 9.53 Å². The molecule has 0 spiro atoms. The second kappa shape index (κ2) is 8.39. The summed E-state index contributed by atoms with van der Waals surface area (Å²) in [5.74, 6) is -0.745. The van der Waals surface area contributed by atoms with Crippen molar-refractivity contribution < 1.29 is 14.6 Å². The molecular weight excluding hydrogens is 134 g/mol. The molecule has 0 aromatic rings. The number of ether oxygens (including phenoxy) is 1. The quantitative estimate of drug-likeness (QED) is 0.558. The lowest BCUT2D eigenvalue weighted by atomic mass is 10.5. The van der Waals surface area contributed by atoms with Crippen LogP contribution in [0.2, 0.25) is 0 Å². The van der Waals surface area contributed by atoms with E-state index in [-0.39, 0.29) is 12.6 Å². The second-order valence-corrected chi connectivity index (χ2v) is 1.69. The predicted molar refractivity (Wildman–Crippen MR) is 38.6 cm³/mol. The van der Waals surface area contributed by atoms with E-state index in [1.807, 2.05) is 0 Å². The molecule has 0 fully saturated rings. The fourth-order valence-corrected chi connectivity index (χ4v) is 0. The maximum absolute atomic E-state index is 9.37. The van der Waals surface area contributed by atoms with E-state index in [9.17, 15) is 4.79 Å². The zero-order valence-corrected chi connectivity index (χ0v) is 6.63. The maximum atomic E-state index is 9.37. The number of carboxylic acid groups (broad SMARTS) is 1. The van der Waals surface area contributed by atoms with E-state index in [1.54, 1.807) is 21.0 Å². The van der Waals surface area contributed by atoms with Gasteiger partial charge in [0.2, 0.25) is 0 Å². The Kier molecular flexibility index (Phi) is 10.2. The van der Waals surface area contributed by atoms with Crippen LogP contribution < -0.4 is 5.73 Å². The molecule has 0 heterocycles. The number of hydrogen-bond acceptors (Lipinski definition) is 3. The van der Waals surface area contributed by atoms with Gasteiger partial charge in [-0.05, 0) is 6.92 Å². The lowest BCUT2D eigenvalue weighted by Crippen LogP contribution is -2.15. The van der Waals surface area contributed by atoms with Crippen molar-refractivity contribution in [2.75, 3.05) is 7.11 Å². The highest BCUT2D eigenvalue weighted by Crippen LogP contribution is 1.67. The third-order valence-corrected chi connectivity index (χ3v) is 0.674. The molecule has 0 aromatic carbocycles. The van der Waals surface area contributed by atoms with Crippen LogP contribution in [0.1, 0.15) is 20.3 Å². The topological polar surface area (TPSA) is 72.5 Å². The first-order valence-corrected chi connectivity index (χ1v) is 3.04. The standard InChI is InChI=1S/C3H9NO.C3H6O2/c1-3(4)5-2;1-2-3(4)5/h3H,4H2,1-2H3;2H2,1H3,(H,4,5). The summed E-state index contributed by atoms with van der Waals surface area (Å²) in [5.41, 5.74) is 5.07. The van der Waals surface area contributed by atoms with E-state index in [2.05, 4.69) is 4.74 Å². The van der Waals surface area contributed by atoms with E-state index in [0.717, 1.165) is 0 Å². The second-order valence-electron chi connectivity index (χ2n) is 1.69. The van der Waals surface area contributed by atoms with Crippen molar-refractivity contribution in [1.29, 1.82) is 0 Å². The van der Waals surface area contributed by atoms with Gasteiger partial charge in [-0.25, -0.2) is 0 Å². The Bertz CT molecular complexity index is 83.1. The molecule has 0 aromatic heterocycles. The lowest BCUT2D eigenvalue weighted by molar-refractivity contribution is -0.136. The highest BCUT2D eigenvalue weighted by Gasteiger charge is 1.80. The fraction of sp³-hybridized carbons (Fsp3) is 0.833. The first-order chi connectivity index (χ1) is 4.54. The van der Waals surface area contributed by atoms with Gasteiger partial charge >= 0.3 is 5.97 Å². The first kappa shape index (κ1) is 12.1. The van der Waals surface area contributed by atoms with Crippen molar-refractivity contribution in [2.45, 2.75) is 26.5 Å². The number of aliphatic carboxylic acids is 1. The first-order valence-electron chi connectivity index (χ1n) is 3.04. The minimum absolute atomic E-state index is 0.116. The Balaban J connectivity index is 0. The predicted octanol–water partition coefficient (Wildman–Crippen LogP) is 0.418. The maximum Gasteiger partial charge on any atom is 0.303 e. The minimum atomic E-state index is -0.745. The lowest BCUT2D eigenvalue weighted by Gasteiger charge is -1.95. The van der Waals surface area contributed by atoms with Crippen molar-refractivity contribution in [3.63, 3.8) is 0 Å². The number of nitrogens with two attached hydrogens (primary N) is 1. The van der Waals surface area contributed by atoms with Gasteiger partial charge < -0.3 is 15.6 Å². The van der Waals surface area contributed by atoms with Crippen LogP contribution in [0.25, 0.3) is 0 Å². The summed E-state index contributed by atoms with van der Waals surface area (Å²) in [5, 5.41) is 7.72. The summed E-state index contributed by atoms with van der Waals surface area (Å²) in [6.07, 6.45) is 0.106. The summed E-state index contributed by atoms with van der Waals surface area (Å²) in [7, 11) is 1.57. The van der Waals surface area contributed by atoms with Crippen LogP contribution in [0, 0.1) is 0 Å². The summed E-state index contributed by atoms with van der Waals surface area (Å²) in [4.78, 5) is 9.37. The Labute approximate surface area is 61.0 Å². The number of hydrogen-bond donors (Lipinski definition) is 2. The monoisotopic (exact) mass is 149 g/mol. The number of methoxy groups -OCH3 is 1. The molecule has 0 aliphatic rings. The van der Waals surface area contributed by atoms with Crippen LogP contribution in [0.5, 0.6) is 0 Å². The van der Waals surface area contributed by atoms with Gasteiger partial charge in [0.15, 0.2) is 0 Å². The van der Waals surface area contributed by atoms with Gasteiger partial charge in [0.1, 0.15) is 6.23 Å². The molecule has 0 saturated heterocycles. The zero-order chi connectivity index (χ0) is 8.57. The van der Waals surface area contributed by atoms with Crippen LogP contribution in [0.3, 0.4) is 0 Å². The van der Waals surface area contributed by atoms with Crippen LogP contribution >= 0.6 is 0 Å². The van der Waals surface area contributed by atoms with E-state index in [4.69, 9.17) is 10.8 Å². The van der Waals surface area contributed by atoms with Crippen molar-refractivity contribution in [2.24, 2.45) is 5.73 Å². The molecule has 4 heteroatoms. The fourth-order valence-electron chi connectivity index (χ4n) is 0. The molecule has 1 atom stereocenters. The van der Waals surface area contributed by atoms with Crippen LogP contribution in [0.4, 0.5) is 0 Å². The third kappa shape index (κ3) is 26.3. The largest absolute Gasteiger partial charge is 0.481 e. The number of carbonyl (C=O) groups is 1. The minimum Gasteiger partial charge on any atom is -0.481 e. The van der Waals surface area contributed by atoms with Crippen molar-refractivity contribution >= 4 is 5.97 Å². The van der Waals surface area contributed by atoms with E-state index >= 15 is 0 Å². The van der Waals surface area contributed by atoms with Gasteiger partial charge in [0.25, 0.3) is 0 Å². The Morgan fingerprint density at radius 2 is 2.00 bits per heavy atom. The normalized spacial score (nSPS) is 11.2. The summed E-state index contributed by atoms with van der Waals surface area (Å²) in [6.45, 7) is 3.38. The summed E-state index contributed by atoms with van der Waals surface area (Å²) in [6, 6.07) is 0. The van der Waals surface area contributed by atoms with Gasteiger partial charge in [-0.3, -0.25) is 4.79 Å². The summed E-state index contributed by atoms with van der Waals surface area (Å²) >= 11 is 0. The average Bonchev–Trinajstić information content (AvgIpc) is 1.89. The van der Waals surface area contributed by atoms with Gasteiger partial charge in [0.05, 0.1) is 0 Å². The Hall–Kier alpha value is -0.610. The van der Waals surface area contributed by atoms with Crippen molar-refractivity contribution in [3.05, 3.63) is 0 Å². The number of rotatable bonds is 2. The third-order valence-electron chi connectivity index (χ3n) is 0.674. The zero-order valence-electron chi connectivity index (χ0n) is 6.63. The van der Waals surface area contributed by atoms with E-state index in [1.165, 1.54) is 0 Å². The molecule has 4 nitrogen and oxygen atoms in total. The van der Waals surface area contributed by atoms with Gasteiger partial charge in [-0.1, -0.05) is 6.92 Å². The molecule has 0 rings (SSSR count). The molecule has 3 N–H and O–H groups in total. The molecule has 0 aliphatic carbocycles. The molecule has 0 saturated carbocycles. The smallest absolute Gasteiger partial charge is 0.303 e. The molecule has 0 bridgehead atoms. The van der Waals surface area contributed by atoms with Crippen LogP contribution in [-0.4, -0.2) is 24.4 Å². The molecule has 0 amide bonds. The van der Waals surface area contributed by atoms with E-state index in [0.29, 0.717) is 0 Å². The highest BCUT2D eigenvalue weighted by molar-refractivity contribution is 5.66. The van der Waals surface area contributed by atoms with Gasteiger partial charge in [-0.2, -0.15) is 0 Å². The average molecular weight is 149 g/mol. The molecule has 62 valence electrons. The Morgan fingerprint density at radius 3 is 2.00 bits per heavy atom. The molecule has 1 unspecified atom stereocenters. The van der Waals surface area contributed by atoms with Gasteiger partial charge in [0, 0.05) is 13.5 Å². The van der Waals surface area contributed by atoms with Gasteiger partial charge in [-0.15, -0.1) is 0 Å². The van der Waals surface area contributed by atoms with Crippen molar-refractivity contribution in [1.82, 2.24) is 0 Å². The highest BCUT2D eigenvalue weighted by atomic mass is 16.5. The number of carboxylic acids is 1. The molecule has 0 radical (unpaired) electrons. The Morgan fingerprint density at radius 1 is 1.80 bits per heavy atom. The molecule has 0 aliphatic heterocycles. The molecule has 10 heavy (non-hydrogen) atoms. The SMILES string of the molecule is CCC(=O)O.COC(C)N. The van der Waals surface area contributed by atoms with Crippen LogP contribution in [0.15, 0.2) is 0 Å². The van der Waals surface area contributed by atoms with E-state index < -0.39 is 5.97 Å². The summed E-state index contributed by atoms with van der Waals surface area (Å²) < 4.78 is 4.53. The van der Waals surface area contributed by atoms with Crippen molar-refractivity contribution in [3.8, 4) is 0 Å². The molecular formula is C6H15NO3.